The average molecular weight is 320 g/mol. The van der Waals surface area contributed by atoms with Crippen LogP contribution in [0.4, 0.5) is 13.2 Å². The van der Waals surface area contributed by atoms with Gasteiger partial charge in [0, 0.05) is 17.6 Å². The third-order valence-corrected chi connectivity index (χ3v) is 3.54. The molecule has 0 saturated heterocycles. The van der Waals surface area contributed by atoms with Crippen molar-refractivity contribution in [2.75, 3.05) is 0 Å². The summed E-state index contributed by atoms with van der Waals surface area (Å²) in [4.78, 5) is 11.8. The lowest BCUT2D eigenvalue weighted by Crippen LogP contribution is -2.07. The molecule has 0 spiro atoms. The van der Waals surface area contributed by atoms with E-state index in [-0.39, 0.29) is 23.3 Å². The lowest BCUT2D eigenvalue weighted by Gasteiger charge is -2.11. The van der Waals surface area contributed by atoms with Crippen molar-refractivity contribution >= 4 is 11.5 Å². The Hall–Kier alpha value is -2.56. The van der Waals surface area contributed by atoms with E-state index in [1.165, 1.54) is 6.92 Å². The van der Waals surface area contributed by atoms with E-state index in [4.69, 9.17) is 0 Å². The highest BCUT2D eigenvalue weighted by Gasteiger charge is 2.17. The van der Waals surface area contributed by atoms with Gasteiger partial charge in [0.2, 0.25) is 0 Å². The van der Waals surface area contributed by atoms with Crippen molar-refractivity contribution in [2.45, 2.75) is 20.3 Å². The molecule has 0 amide bonds. The van der Waals surface area contributed by atoms with Gasteiger partial charge >= 0.3 is 0 Å². The maximum absolute atomic E-state index is 13.3. The number of carbonyl (C=O) groups is 1. The molecule has 2 aromatic carbocycles. The van der Waals surface area contributed by atoms with Crippen LogP contribution in [0.2, 0.25) is 0 Å². The molecule has 2 nitrogen and oxygen atoms in total. The molecule has 0 fully saturated rings. The number of hydrogen-bond acceptors (Lipinski definition) is 2. The Bertz CT molecular complexity index is 772. The van der Waals surface area contributed by atoms with Gasteiger partial charge in [0.1, 0.15) is 5.76 Å². The summed E-state index contributed by atoms with van der Waals surface area (Å²) in [6.45, 7) is 3.01. The van der Waals surface area contributed by atoms with Gasteiger partial charge in [0.05, 0.1) is 0 Å². The normalized spacial score (nSPS) is 12.0. The number of hydrogen-bond donors (Lipinski definition) is 1. The Labute approximate surface area is 131 Å². The molecule has 0 bridgehead atoms. The highest BCUT2D eigenvalue weighted by atomic mass is 19.2. The number of aliphatic hydroxyl groups is 1. The van der Waals surface area contributed by atoms with Gasteiger partial charge < -0.3 is 5.11 Å². The Morgan fingerprint density at radius 3 is 2.17 bits per heavy atom. The van der Waals surface area contributed by atoms with Gasteiger partial charge in [0.15, 0.2) is 23.2 Å². The van der Waals surface area contributed by atoms with Gasteiger partial charge in [-0.25, -0.2) is 13.2 Å². The number of allylic oxidation sites excluding steroid dienone is 1. The minimum Gasteiger partial charge on any atom is -0.507 e. The maximum atomic E-state index is 13.3. The Morgan fingerprint density at radius 2 is 1.65 bits per heavy atom. The largest absolute Gasteiger partial charge is 0.507 e. The van der Waals surface area contributed by atoms with Crippen molar-refractivity contribution in [3.8, 4) is 0 Å². The van der Waals surface area contributed by atoms with E-state index in [2.05, 4.69) is 0 Å². The van der Waals surface area contributed by atoms with Crippen molar-refractivity contribution in [3.05, 3.63) is 76.1 Å². The van der Waals surface area contributed by atoms with Gasteiger partial charge in [-0.1, -0.05) is 24.3 Å². The number of aliphatic hydroxyl groups excluding tert-OH is 1. The zero-order valence-electron chi connectivity index (χ0n) is 12.7. The van der Waals surface area contributed by atoms with Crippen LogP contribution in [-0.2, 0) is 11.2 Å². The molecule has 0 aliphatic rings. The van der Waals surface area contributed by atoms with Crippen LogP contribution >= 0.6 is 0 Å². The quantitative estimate of drug-likeness (QED) is 0.511. The van der Waals surface area contributed by atoms with Crippen molar-refractivity contribution < 1.29 is 23.1 Å². The summed E-state index contributed by atoms with van der Waals surface area (Å²) in [6.07, 6.45) is -0.205. The fourth-order valence-corrected chi connectivity index (χ4v) is 2.29. The number of ketones is 1. The first-order valence-corrected chi connectivity index (χ1v) is 6.93. The van der Waals surface area contributed by atoms with E-state index < -0.39 is 23.2 Å². The van der Waals surface area contributed by atoms with Crippen LogP contribution in [0.25, 0.3) is 5.76 Å². The number of Topliss-reactive ketones (excluding diaryl/α,β-unsaturated/α-hetero) is 1. The molecule has 23 heavy (non-hydrogen) atoms. The lowest BCUT2D eigenvalue weighted by molar-refractivity contribution is -0.113. The third-order valence-electron chi connectivity index (χ3n) is 3.54. The molecule has 1 N–H and O–H groups in total. The first-order chi connectivity index (χ1) is 10.8. The maximum Gasteiger partial charge on any atom is 0.194 e. The number of aryl methyl sites for hydroxylation is 1. The van der Waals surface area contributed by atoms with Crippen molar-refractivity contribution in [3.63, 3.8) is 0 Å². The van der Waals surface area contributed by atoms with Crippen molar-refractivity contribution in [1.82, 2.24) is 0 Å². The van der Waals surface area contributed by atoms with Gasteiger partial charge in [-0.15, -0.1) is 0 Å². The standard InChI is InChI=1S/C18H15F3O2/c1-10-5-3-4-6-13(10)18(23)14(11(2)22)7-12-8-15(19)17(21)16(20)9-12/h3-6,8-9,23H,7H2,1-2H3/b18-14+. The summed E-state index contributed by atoms with van der Waals surface area (Å²) in [5, 5.41) is 10.4. The molecule has 0 aliphatic carbocycles. The first-order valence-electron chi connectivity index (χ1n) is 6.93. The Balaban J connectivity index is 2.50. The van der Waals surface area contributed by atoms with E-state index in [9.17, 15) is 23.1 Å². The molecular weight excluding hydrogens is 305 g/mol. The van der Waals surface area contributed by atoms with Crippen LogP contribution in [0, 0.1) is 24.4 Å². The predicted molar refractivity (Wildman–Crippen MR) is 81.4 cm³/mol. The summed E-state index contributed by atoms with van der Waals surface area (Å²) >= 11 is 0. The molecule has 0 saturated carbocycles. The fraction of sp³-hybridized carbons (Fsp3) is 0.167. The van der Waals surface area contributed by atoms with E-state index >= 15 is 0 Å². The highest BCUT2D eigenvalue weighted by molar-refractivity contribution is 6.00. The van der Waals surface area contributed by atoms with Gasteiger partial charge in [-0.2, -0.15) is 0 Å². The fourth-order valence-electron chi connectivity index (χ4n) is 2.29. The molecule has 120 valence electrons. The van der Waals surface area contributed by atoms with E-state index in [0.29, 0.717) is 5.56 Å². The third kappa shape index (κ3) is 3.62. The zero-order chi connectivity index (χ0) is 17.1. The van der Waals surface area contributed by atoms with Crippen LogP contribution in [0.1, 0.15) is 23.6 Å². The van der Waals surface area contributed by atoms with E-state index in [0.717, 1.165) is 17.7 Å². The molecule has 0 aromatic heterocycles. The Kier molecular flexibility index (Phi) is 4.89. The molecule has 5 heteroatoms. The van der Waals surface area contributed by atoms with Gasteiger partial charge in [-0.05, 0) is 37.1 Å². The molecule has 0 radical (unpaired) electrons. The molecule has 0 atom stereocenters. The molecule has 0 unspecified atom stereocenters. The lowest BCUT2D eigenvalue weighted by atomic mass is 9.96. The predicted octanol–water partition coefficient (Wildman–Crippen LogP) is 4.51. The molecule has 0 heterocycles. The van der Waals surface area contributed by atoms with Gasteiger partial charge in [-0.3, -0.25) is 4.79 Å². The second kappa shape index (κ2) is 6.69. The minimum atomic E-state index is -1.56. The number of carbonyl (C=O) groups excluding carboxylic acids is 1. The van der Waals surface area contributed by atoms with Crippen molar-refractivity contribution in [1.29, 1.82) is 0 Å². The van der Waals surface area contributed by atoms with Crippen LogP contribution in [0.15, 0.2) is 42.0 Å². The van der Waals surface area contributed by atoms with Crippen molar-refractivity contribution in [2.24, 2.45) is 0 Å². The SMILES string of the molecule is CC(=O)/C(Cc1cc(F)c(F)c(F)c1)=C(/O)c1ccccc1C. The summed E-state index contributed by atoms with van der Waals surface area (Å²) in [7, 11) is 0. The molecule has 2 rings (SSSR count). The van der Waals surface area contributed by atoms with E-state index in [1.54, 1.807) is 31.2 Å². The van der Waals surface area contributed by atoms with Crippen LogP contribution in [0.5, 0.6) is 0 Å². The highest BCUT2D eigenvalue weighted by Crippen LogP contribution is 2.24. The average Bonchev–Trinajstić information content (AvgIpc) is 2.49. The summed E-state index contributed by atoms with van der Waals surface area (Å²) in [6, 6.07) is 8.51. The zero-order valence-corrected chi connectivity index (χ0v) is 12.7. The second-order valence-electron chi connectivity index (χ2n) is 5.25. The van der Waals surface area contributed by atoms with Crippen LogP contribution in [0.3, 0.4) is 0 Å². The second-order valence-corrected chi connectivity index (χ2v) is 5.25. The van der Waals surface area contributed by atoms with Crippen LogP contribution < -0.4 is 0 Å². The smallest absolute Gasteiger partial charge is 0.194 e. The molecular formula is C18H15F3O2. The molecule has 2 aromatic rings. The first kappa shape index (κ1) is 16.8. The summed E-state index contributed by atoms with van der Waals surface area (Å²) in [5.41, 5.74) is 1.28. The number of benzene rings is 2. The van der Waals surface area contributed by atoms with Crippen LogP contribution in [-0.4, -0.2) is 10.9 Å². The number of halogens is 3. The Morgan fingerprint density at radius 1 is 1.09 bits per heavy atom. The summed E-state index contributed by atoms with van der Waals surface area (Å²) < 4.78 is 39.6. The summed E-state index contributed by atoms with van der Waals surface area (Å²) in [5.74, 6) is -4.92. The van der Waals surface area contributed by atoms with E-state index in [1.807, 2.05) is 0 Å². The monoisotopic (exact) mass is 320 g/mol. The number of rotatable bonds is 4. The topological polar surface area (TPSA) is 37.3 Å². The molecule has 0 aliphatic heterocycles. The van der Waals surface area contributed by atoms with Gasteiger partial charge in [0.25, 0.3) is 0 Å². The minimum absolute atomic E-state index is 0.00436.